The average molecular weight is 460 g/mol. The Morgan fingerprint density at radius 2 is 1.50 bits per heavy atom. The summed E-state index contributed by atoms with van der Waals surface area (Å²) in [6, 6.07) is 19.8. The van der Waals surface area contributed by atoms with Gasteiger partial charge in [0.1, 0.15) is 11.4 Å². The highest BCUT2D eigenvalue weighted by atomic mass is 79.9. The van der Waals surface area contributed by atoms with E-state index in [1.807, 2.05) is 36.4 Å². The molecule has 0 atom stereocenters. The largest absolute Gasteiger partial charge is 0.463 e. The molecule has 3 heterocycles. The molecule has 0 spiro atoms. The Kier molecular flexibility index (Phi) is 4.65. The zero-order valence-corrected chi connectivity index (χ0v) is 17.1. The maximum Gasteiger partial charge on any atom is 0.255 e. The van der Waals surface area contributed by atoms with Gasteiger partial charge in [0.05, 0.1) is 23.6 Å². The normalized spacial score (nSPS) is 11.0. The predicted molar refractivity (Wildman–Crippen MR) is 117 cm³/mol. The molecule has 0 radical (unpaired) electrons. The summed E-state index contributed by atoms with van der Waals surface area (Å²) in [5, 5.41) is 2.89. The van der Waals surface area contributed by atoms with Crippen LogP contribution in [0.5, 0.6) is 0 Å². The minimum absolute atomic E-state index is 0.230. The summed E-state index contributed by atoms with van der Waals surface area (Å²) in [5.74, 6) is 0.929. The second-order valence-corrected chi connectivity index (χ2v) is 7.46. The molecular formula is C23H14BrN3O3. The van der Waals surface area contributed by atoms with Crippen molar-refractivity contribution in [3.63, 3.8) is 0 Å². The van der Waals surface area contributed by atoms with Gasteiger partial charge in [-0.2, -0.15) is 0 Å². The number of furan rings is 2. The van der Waals surface area contributed by atoms with Gasteiger partial charge in [-0.25, -0.2) is 9.97 Å². The Morgan fingerprint density at radius 3 is 2.13 bits per heavy atom. The number of carbonyl (C=O) groups excluding carboxylic acids is 1. The summed E-state index contributed by atoms with van der Waals surface area (Å²) in [6.07, 6.45) is 3.16. The lowest BCUT2D eigenvalue weighted by Crippen LogP contribution is -2.12. The molecule has 7 heteroatoms. The summed E-state index contributed by atoms with van der Waals surface area (Å²) in [5.41, 5.74) is 3.54. The van der Waals surface area contributed by atoms with Crippen molar-refractivity contribution in [2.45, 2.75) is 0 Å². The highest BCUT2D eigenvalue weighted by Gasteiger charge is 2.18. The van der Waals surface area contributed by atoms with Crippen molar-refractivity contribution in [2.75, 3.05) is 5.32 Å². The second-order valence-electron chi connectivity index (χ2n) is 6.54. The van der Waals surface area contributed by atoms with Gasteiger partial charge in [0, 0.05) is 15.7 Å². The Bertz CT molecular complexity index is 1350. The number of nitrogens with one attached hydrogen (secondary N) is 1. The molecule has 30 heavy (non-hydrogen) atoms. The van der Waals surface area contributed by atoms with Crippen LogP contribution in [0.25, 0.3) is 33.9 Å². The van der Waals surface area contributed by atoms with Gasteiger partial charge < -0.3 is 14.2 Å². The summed E-state index contributed by atoms with van der Waals surface area (Å²) in [7, 11) is 0. The number of hydrogen-bond acceptors (Lipinski definition) is 5. The lowest BCUT2D eigenvalue weighted by molar-refractivity contribution is 0.102. The van der Waals surface area contributed by atoms with Crippen LogP contribution in [0.15, 0.2) is 92.6 Å². The lowest BCUT2D eigenvalue weighted by atomic mass is 10.1. The Hall–Kier alpha value is -3.71. The van der Waals surface area contributed by atoms with E-state index in [1.54, 1.807) is 42.9 Å². The van der Waals surface area contributed by atoms with Crippen LogP contribution in [0.1, 0.15) is 10.4 Å². The number of aromatic nitrogens is 2. The zero-order chi connectivity index (χ0) is 20.5. The molecule has 3 aromatic heterocycles. The van der Waals surface area contributed by atoms with E-state index in [0.717, 1.165) is 4.47 Å². The highest BCUT2D eigenvalue weighted by molar-refractivity contribution is 9.10. The molecule has 0 fully saturated rings. The van der Waals surface area contributed by atoms with Gasteiger partial charge >= 0.3 is 0 Å². The number of anilines is 1. The minimum Gasteiger partial charge on any atom is -0.463 e. The van der Waals surface area contributed by atoms with Crippen LogP contribution in [0.2, 0.25) is 0 Å². The van der Waals surface area contributed by atoms with E-state index >= 15 is 0 Å². The van der Waals surface area contributed by atoms with E-state index in [-0.39, 0.29) is 5.91 Å². The van der Waals surface area contributed by atoms with Crippen molar-refractivity contribution in [1.29, 1.82) is 0 Å². The molecule has 0 unspecified atom stereocenters. The van der Waals surface area contributed by atoms with Crippen molar-refractivity contribution < 1.29 is 13.6 Å². The number of rotatable bonds is 4. The Labute approximate surface area is 179 Å². The molecule has 0 aliphatic rings. The van der Waals surface area contributed by atoms with Gasteiger partial charge in [0.2, 0.25) is 0 Å². The van der Waals surface area contributed by atoms with Crippen LogP contribution in [0.4, 0.5) is 5.69 Å². The number of hydrogen-bond donors (Lipinski definition) is 1. The third kappa shape index (κ3) is 3.51. The van der Waals surface area contributed by atoms with Gasteiger partial charge in [0.25, 0.3) is 5.91 Å². The molecular weight excluding hydrogens is 446 g/mol. The van der Waals surface area contributed by atoms with Crippen LogP contribution < -0.4 is 5.32 Å². The summed E-state index contributed by atoms with van der Waals surface area (Å²) in [4.78, 5) is 22.2. The van der Waals surface area contributed by atoms with Crippen LogP contribution in [0.3, 0.4) is 0 Å². The fraction of sp³-hybridized carbons (Fsp3) is 0. The first kappa shape index (κ1) is 18.3. The fourth-order valence-corrected chi connectivity index (χ4v) is 3.53. The van der Waals surface area contributed by atoms with Crippen LogP contribution in [-0.2, 0) is 0 Å². The maximum absolute atomic E-state index is 12.7. The van der Waals surface area contributed by atoms with Crippen molar-refractivity contribution in [1.82, 2.24) is 9.97 Å². The van der Waals surface area contributed by atoms with E-state index in [0.29, 0.717) is 45.2 Å². The van der Waals surface area contributed by atoms with Gasteiger partial charge in [0.15, 0.2) is 11.5 Å². The highest BCUT2D eigenvalue weighted by Crippen LogP contribution is 2.31. The number of carbonyl (C=O) groups is 1. The monoisotopic (exact) mass is 459 g/mol. The molecule has 0 saturated carbocycles. The van der Waals surface area contributed by atoms with Crippen molar-refractivity contribution in [2.24, 2.45) is 0 Å². The van der Waals surface area contributed by atoms with Crippen molar-refractivity contribution >= 4 is 38.6 Å². The maximum atomic E-state index is 12.7. The van der Waals surface area contributed by atoms with Crippen LogP contribution in [0, 0.1) is 0 Å². The van der Waals surface area contributed by atoms with E-state index in [9.17, 15) is 4.79 Å². The zero-order valence-electron chi connectivity index (χ0n) is 15.5. The number of benzene rings is 2. The number of nitrogens with zero attached hydrogens (tertiary/aromatic N) is 2. The lowest BCUT2D eigenvalue weighted by Gasteiger charge is -2.09. The van der Waals surface area contributed by atoms with Gasteiger partial charge in [-0.05, 0) is 60.7 Å². The number of amides is 1. The molecule has 5 aromatic rings. The summed E-state index contributed by atoms with van der Waals surface area (Å²) in [6.45, 7) is 0. The molecule has 0 aliphatic carbocycles. The van der Waals surface area contributed by atoms with E-state index in [1.165, 1.54) is 0 Å². The smallest absolute Gasteiger partial charge is 0.255 e. The van der Waals surface area contributed by atoms with Crippen LogP contribution in [-0.4, -0.2) is 15.9 Å². The molecule has 0 aliphatic heterocycles. The first-order chi connectivity index (χ1) is 14.7. The average Bonchev–Trinajstić information content (AvgIpc) is 3.46. The second kappa shape index (κ2) is 7.61. The van der Waals surface area contributed by atoms with Gasteiger partial charge in [-0.15, -0.1) is 0 Å². The number of halogens is 1. The standard InChI is InChI=1S/C23H14BrN3O3/c24-15-4-1-5-16(13-15)25-23(28)14-8-9-17-18(12-14)27-22(20-7-3-11-30-20)21(26-17)19-6-2-10-29-19/h1-13H,(H,25,28). The van der Waals surface area contributed by atoms with E-state index in [2.05, 4.69) is 21.2 Å². The Balaban J connectivity index is 1.57. The van der Waals surface area contributed by atoms with Gasteiger partial charge in [-0.1, -0.05) is 22.0 Å². The predicted octanol–water partition coefficient (Wildman–Crippen LogP) is 6.16. The quantitative estimate of drug-likeness (QED) is 0.347. The number of fused-ring (bicyclic) bond motifs is 1. The van der Waals surface area contributed by atoms with E-state index < -0.39 is 0 Å². The van der Waals surface area contributed by atoms with E-state index in [4.69, 9.17) is 18.8 Å². The molecule has 6 nitrogen and oxygen atoms in total. The topological polar surface area (TPSA) is 81.2 Å². The summed E-state index contributed by atoms with van der Waals surface area (Å²) >= 11 is 3.40. The van der Waals surface area contributed by atoms with Gasteiger partial charge in [-0.3, -0.25) is 4.79 Å². The molecule has 146 valence electrons. The van der Waals surface area contributed by atoms with Crippen molar-refractivity contribution in [3.8, 4) is 22.9 Å². The SMILES string of the molecule is O=C(Nc1cccc(Br)c1)c1ccc2nc(-c3ccco3)c(-c3ccco3)nc2c1. The first-order valence-corrected chi connectivity index (χ1v) is 9.93. The molecule has 2 aromatic carbocycles. The van der Waals surface area contributed by atoms with Crippen LogP contribution >= 0.6 is 15.9 Å². The molecule has 0 saturated heterocycles. The first-order valence-electron chi connectivity index (χ1n) is 9.14. The fourth-order valence-electron chi connectivity index (χ4n) is 3.14. The molecule has 5 rings (SSSR count). The molecule has 1 N–H and O–H groups in total. The molecule has 0 bridgehead atoms. The third-order valence-electron chi connectivity index (χ3n) is 4.52. The minimum atomic E-state index is -0.230. The molecule has 1 amide bonds. The third-order valence-corrected chi connectivity index (χ3v) is 5.01. The Morgan fingerprint density at radius 1 is 0.800 bits per heavy atom. The summed E-state index contributed by atoms with van der Waals surface area (Å²) < 4.78 is 12.0. The van der Waals surface area contributed by atoms with Crippen molar-refractivity contribution in [3.05, 3.63) is 89.3 Å².